The second-order valence-corrected chi connectivity index (χ2v) is 5.20. The molecule has 110 valence electrons. The molecule has 20 heavy (non-hydrogen) atoms. The maximum Gasteiger partial charge on any atom is 0.338 e. The molecule has 4 heteroatoms. The first kappa shape index (κ1) is 15.0. The fourth-order valence-electron chi connectivity index (χ4n) is 2.04. The standard InChI is InChI=1S/C16H22O4/c1-13(11-19-15-9-5-6-10-18-15)12-20-16(17)14-7-3-2-4-8-14/h2-4,7-8,13,15H,5-6,9-12H2,1H3. The summed E-state index contributed by atoms with van der Waals surface area (Å²) in [6, 6.07) is 9.02. The molecule has 0 bridgehead atoms. The number of hydrogen-bond acceptors (Lipinski definition) is 4. The van der Waals surface area contributed by atoms with Gasteiger partial charge in [-0.1, -0.05) is 25.1 Å². The molecule has 0 spiro atoms. The first-order valence-electron chi connectivity index (χ1n) is 7.21. The summed E-state index contributed by atoms with van der Waals surface area (Å²) < 4.78 is 16.4. The van der Waals surface area contributed by atoms with Crippen LogP contribution in [0.1, 0.15) is 36.5 Å². The highest BCUT2D eigenvalue weighted by molar-refractivity contribution is 5.89. The van der Waals surface area contributed by atoms with Crippen LogP contribution in [0.3, 0.4) is 0 Å². The SMILES string of the molecule is CC(COC(=O)c1ccccc1)COC1CCCCO1. The highest BCUT2D eigenvalue weighted by atomic mass is 16.7. The Hall–Kier alpha value is -1.39. The molecular formula is C16H22O4. The Morgan fingerprint density at radius 2 is 2.10 bits per heavy atom. The first-order valence-corrected chi connectivity index (χ1v) is 7.21. The lowest BCUT2D eigenvalue weighted by Crippen LogP contribution is -2.26. The van der Waals surface area contributed by atoms with Crippen molar-refractivity contribution >= 4 is 5.97 Å². The van der Waals surface area contributed by atoms with Crippen molar-refractivity contribution in [2.24, 2.45) is 5.92 Å². The Morgan fingerprint density at radius 3 is 2.80 bits per heavy atom. The average Bonchev–Trinajstić information content (AvgIpc) is 2.52. The van der Waals surface area contributed by atoms with E-state index < -0.39 is 0 Å². The second kappa shape index (κ2) is 8.02. The van der Waals surface area contributed by atoms with E-state index >= 15 is 0 Å². The van der Waals surface area contributed by atoms with Gasteiger partial charge in [0, 0.05) is 12.5 Å². The summed E-state index contributed by atoms with van der Waals surface area (Å²) in [6.45, 7) is 3.69. The molecule has 1 aliphatic rings. The van der Waals surface area contributed by atoms with Gasteiger partial charge in [0.15, 0.2) is 6.29 Å². The van der Waals surface area contributed by atoms with Crippen LogP contribution >= 0.6 is 0 Å². The summed E-state index contributed by atoms with van der Waals surface area (Å²) in [5.74, 6) is -0.125. The number of rotatable bonds is 6. The highest BCUT2D eigenvalue weighted by Crippen LogP contribution is 2.14. The van der Waals surface area contributed by atoms with Crippen LogP contribution < -0.4 is 0 Å². The van der Waals surface area contributed by atoms with Gasteiger partial charge in [-0.25, -0.2) is 4.79 Å². The van der Waals surface area contributed by atoms with Crippen LogP contribution in [-0.2, 0) is 14.2 Å². The fourth-order valence-corrected chi connectivity index (χ4v) is 2.04. The summed E-state index contributed by atoms with van der Waals surface area (Å²) in [7, 11) is 0. The molecule has 0 N–H and O–H groups in total. The smallest absolute Gasteiger partial charge is 0.338 e. The Morgan fingerprint density at radius 1 is 1.30 bits per heavy atom. The molecule has 0 radical (unpaired) electrons. The number of benzene rings is 1. The van der Waals surface area contributed by atoms with Crippen LogP contribution in [0, 0.1) is 5.92 Å². The van der Waals surface area contributed by atoms with Gasteiger partial charge in [0.2, 0.25) is 0 Å². The van der Waals surface area contributed by atoms with Gasteiger partial charge in [-0.2, -0.15) is 0 Å². The highest BCUT2D eigenvalue weighted by Gasteiger charge is 2.16. The topological polar surface area (TPSA) is 44.8 Å². The lowest BCUT2D eigenvalue weighted by atomic mass is 10.2. The van der Waals surface area contributed by atoms with Crippen molar-refractivity contribution in [3.63, 3.8) is 0 Å². The number of esters is 1. The monoisotopic (exact) mass is 278 g/mol. The number of hydrogen-bond donors (Lipinski definition) is 0. The van der Waals surface area contributed by atoms with Gasteiger partial charge >= 0.3 is 5.97 Å². The average molecular weight is 278 g/mol. The quantitative estimate of drug-likeness (QED) is 0.750. The zero-order valence-corrected chi connectivity index (χ0v) is 11.9. The molecule has 2 rings (SSSR count). The summed E-state index contributed by atoms with van der Waals surface area (Å²) in [4.78, 5) is 11.8. The Bertz CT molecular complexity index is 398. The minimum absolute atomic E-state index is 0.0870. The Balaban J connectivity index is 1.64. The number of carbonyl (C=O) groups is 1. The molecule has 0 aromatic heterocycles. The fraction of sp³-hybridized carbons (Fsp3) is 0.562. The van der Waals surface area contributed by atoms with Crippen LogP contribution in [0.15, 0.2) is 30.3 Å². The van der Waals surface area contributed by atoms with Crippen molar-refractivity contribution in [1.82, 2.24) is 0 Å². The molecule has 2 atom stereocenters. The lowest BCUT2D eigenvalue weighted by Gasteiger charge is -2.24. The molecule has 0 amide bonds. The van der Waals surface area contributed by atoms with Gasteiger partial charge in [-0.3, -0.25) is 0 Å². The van der Waals surface area contributed by atoms with Gasteiger partial charge in [0.1, 0.15) is 0 Å². The van der Waals surface area contributed by atoms with E-state index in [0.29, 0.717) is 18.8 Å². The molecule has 1 saturated heterocycles. The predicted molar refractivity (Wildman–Crippen MR) is 75.4 cm³/mol. The van der Waals surface area contributed by atoms with Crippen LogP contribution in [0.4, 0.5) is 0 Å². The van der Waals surface area contributed by atoms with Crippen molar-refractivity contribution in [3.8, 4) is 0 Å². The molecule has 4 nitrogen and oxygen atoms in total. The van der Waals surface area contributed by atoms with E-state index in [1.54, 1.807) is 12.1 Å². The number of carbonyl (C=O) groups excluding carboxylic acids is 1. The summed E-state index contributed by atoms with van der Waals surface area (Å²) in [6.07, 6.45) is 3.14. The van der Waals surface area contributed by atoms with E-state index in [4.69, 9.17) is 14.2 Å². The van der Waals surface area contributed by atoms with E-state index in [2.05, 4.69) is 0 Å². The van der Waals surface area contributed by atoms with Crippen molar-refractivity contribution in [2.75, 3.05) is 19.8 Å². The van der Waals surface area contributed by atoms with E-state index in [1.165, 1.54) is 0 Å². The van der Waals surface area contributed by atoms with Gasteiger partial charge in [-0.15, -0.1) is 0 Å². The normalized spacial score (nSPS) is 20.4. The third kappa shape index (κ3) is 4.94. The molecule has 1 fully saturated rings. The van der Waals surface area contributed by atoms with Gasteiger partial charge < -0.3 is 14.2 Å². The molecular weight excluding hydrogens is 256 g/mol. The van der Waals surface area contributed by atoms with Gasteiger partial charge in [0.25, 0.3) is 0 Å². The third-order valence-corrected chi connectivity index (χ3v) is 3.21. The van der Waals surface area contributed by atoms with Crippen LogP contribution in [-0.4, -0.2) is 32.1 Å². The Labute approximate surface area is 120 Å². The van der Waals surface area contributed by atoms with Crippen molar-refractivity contribution in [3.05, 3.63) is 35.9 Å². The minimum atomic E-state index is -0.286. The van der Waals surface area contributed by atoms with Crippen LogP contribution in [0.25, 0.3) is 0 Å². The minimum Gasteiger partial charge on any atom is -0.462 e. The van der Waals surface area contributed by atoms with Crippen molar-refractivity contribution in [1.29, 1.82) is 0 Å². The largest absolute Gasteiger partial charge is 0.462 e. The first-order chi connectivity index (χ1) is 9.75. The maximum absolute atomic E-state index is 11.8. The summed E-state index contributed by atoms with van der Waals surface area (Å²) in [5, 5.41) is 0. The summed E-state index contributed by atoms with van der Waals surface area (Å²) in [5.41, 5.74) is 0.580. The van der Waals surface area contributed by atoms with Crippen molar-refractivity contribution < 1.29 is 19.0 Å². The molecule has 1 aromatic rings. The predicted octanol–water partition coefficient (Wildman–Crippen LogP) is 3.02. The Kier molecular flexibility index (Phi) is 6.02. The maximum atomic E-state index is 11.8. The van der Waals surface area contributed by atoms with Gasteiger partial charge in [-0.05, 0) is 31.4 Å². The number of ether oxygens (including phenoxy) is 3. The summed E-state index contributed by atoms with van der Waals surface area (Å²) >= 11 is 0. The zero-order chi connectivity index (χ0) is 14.2. The molecule has 1 aliphatic heterocycles. The molecule has 0 saturated carbocycles. The molecule has 2 unspecified atom stereocenters. The van der Waals surface area contributed by atoms with E-state index in [1.807, 2.05) is 25.1 Å². The molecule has 0 aliphatic carbocycles. The van der Waals surface area contributed by atoms with Crippen LogP contribution in [0.5, 0.6) is 0 Å². The third-order valence-electron chi connectivity index (χ3n) is 3.21. The van der Waals surface area contributed by atoms with E-state index in [9.17, 15) is 4.79 Å². The zero-order valence-electron chi connectivity index (χ0n) is 11.9. The van der Waals surface area contributed by atoms with Crippen LogP contribution in [0.2, 0.25) is 0 Å². The van der Waals surface area contributed by atoms with Gasteiger partial charge in [0.05, 0.1) is 18.8 Å². The van der Waals surface area contributed by atoms with E-state index in [0.717, 1.165) is 25.9 Å². The van der Waals surface area contributed by atoms with Crippen molar-refractivity contribution in [2.45, 2.75) is 32.5 Å². The molecule has 1 aromatic carbocycles. The molecule has 1 heterocycles. The lowest BCUT2D eigenvalue weighted by molar-refractivity contribution is -0.169. The second-order valence-electron chi connectivity index (χ2n) is 5.20. The van der Waals surface area contributed by atoms with E-state index in [-0.39, 0.29) is 18.2 Å².